The average Bonchev–Trinajstić information content (AvgIpc) is 3.27. The molecule has 0 fully saturated rings. The maximum atomic E-state index is 12.1. The van der Waals surface area contributed by atoms with Crippen LogP contribution >= 0.6 is 11.6 Å². The van der Waals surface area contributed by atoms with Gasteiger partial charge in [-0.1, -0.05) is 79.2 Å². The third-order valence-electron chi connectivity index (χ3n) is 8.20. The summed E-state index contributed by atoms with van der Waals surface area (Å²) in [5.74, 6) is 0.217. The van der Waals surface area contributed by atoms with Crippen LogP contribution in [0.3, 0.4) is 0 Å². The Balaban J connectivity index is 0.000000415. The van der Waals surface area contributed by atoms with Gasteiger partial charge < -0.3 is 36.6 Å². The molecule has 19 heteroatoms. The molecule has 0 aliphatic heterocycles. The molecular weight excluding hydrogens is 906 g/mol. The fourth-order valence-electron chi connectivity index (χ4n) is 5.20. The molecular formula is C47H57ClF10N6O2. The number of carbonyl (C=O) groups is 1. The van der Waals surface area contributed by atoms with Crippen LogP contribution in [0.4, 0.5) is 78.0 Å². The number of ether oxygens (including phenoxy) is 1. The van der Waals surface area contributed by atoms with Crippen LogP contribution in [0.2, 0.25) is 5.02 Å². The number of amides is 1. The molecule has 0 heterocycles. The first-order valence-electron chi connectivity index (χ1n) is 20.3. The van der Waals surface area contributed by atoms with Crippen LogP contribution in [0.5, 0.6) is 5.75 Å². The van der Waals surface area contributed by atoms with Crippen molar-refractivity contribution in [1.29, 1.82) is 0 Å². The number of aryl methyl sites for hydroxylation is 3. The maximum absolute atomic E-state index is 12.1. The van der Waals surface area contributed by atoms with Crippen LogP contribution in [-0.4, -0.2) is 77.9 Å². The van der Waals surface area contributed by atoms with Crippen LogP contribution in [0.1, 0.15) is 30.5 Å². The van der Waals surface area contributed by atoms with Gasteiger partial charge in [0.25, 0.3) is 32.1 Å². The largest absolute Gasteiger partial charge is 0.495 e. The van der Waals surface area contributed by atoms with Gasteiger partial charge in [0.15, 0.2) is 0 Å². The van der Waals surface area contributed by atoms with E-state index in [1.165, 1.54) is 14.0 Å². The van der Waals surface area contributed by atoms with Crippen molar-refractivity contribution in [2.75, 3.05) is 71.7 Å². The summed E-state index contributed by atoms with van der Waals surface area (Å²) in [6.45, 7) is 5.48. The number of benzene rings is 5. The predicted octanol–water partition coefficient (Wildman–Crippen LogP) is 13.6. The predicted molar refractivity (Wildman–Crippen MR) is 249 cm³/mol. The molecule has 8 nitrogen and oxygen atoms in total. The number of nitrogens with one attached hydrogen (secondary N) is 6. The van der Waals surface area contributed by atoms with Crippen LogP contribution < -0.4 is 36.6 Å². The van der Waals surface area contributed by atoms with E-state index in [-0.39, 0.29) is 32.1 Å². The summed E-state index contributed by atoms with van der Waals surface area (Å²) in [5, 5.41) is 16.1. The van der Waals surface area contributed by atoms with E-state index in [2.05, 4.69) is 31.9 Å². The monoisotopic (exact) mass is 962 g/mol. The van der Waals surface area contributed by atoms with Crippen molar-refractivity contribution in [3.63, 3.8) is 0 Å². The van der Waals surface area contributed by atoms with Crippen LogP contribution in [-0.2, 0) is 11.2 Å². The van der Waals surface area contributed by atoms with Gasteiger partial charge >= 0.3 is 0 Å². The van der Waals surface area contributed by atoms with E-state index in [1.807, 2.05) is 81.4 Å². The van der Waals surface area contributed by atoms with Crippen molar-refractivity contribution in [1.82, 2.24) is 0 Å². The normalized spacial score (nSPS) is 10.3. The molecule has 6 N–H and O–H groups in total. The lowest BCUT2D eigenvalue weighted by atomic mass is 10.1. The zero-order chi connectivity index (χ0) is 49.4. The quantitative estimate of drug-likeness (QED) is 0.0487. The van der Waals surface area contributed by atoms with Gasteiger partial charge in [0, 0.05) is 29.7 Å². The minimum atomic E-state index is -2.45. The lowest BCUT2D eigenvalue weighted by Crippen LogP contribution is -2.12. The SMILES string of the molecule is CCc1ccccc1NCC(F)F.COc1ccc(NC(C)=O)cc1NCC(F)F.Cc1cccc(NCC(F)F)c1.Cc1ccccc1NCC(F)F.FC(F)CNc1ccccc1Cl. The molecule has 0 aliphatic carbocycles. The van der Waals surface area contributed by atoms with Gasteiger partial charge in [-0.15, -0.1) is 0 Å². The molecule has 0 saturated heterocycles. The maximum Gasteiger partial charge on any atom is 0.255 e. The van der Waals surface area contributed by atoms with Gasteiger partial charge in [0.2, 0.25) is 5.91 Å². The molecule has 5 aromatic carbocycles. The lowest BCUT2D eigenvalue weighted by molar-refractivity contribution is -0.114. The molecule has 0 aliphatic rings. The Hall–Kier alpha value is -6.04. The molecule has 0 spiro atoms. The van der Waals surface area contributed by atoms with Crippen molar-refractivity contribution in [2.45, 2.75) is 66.2 Å². The van der Waals surface area contributed by atoms with Gasteiger partial charge in [0.05, 0.1) is 56.2 Å². The van der Waals surface area contributed by atoms with E-state index in [1.54, 1.807) is 54.6 Å². The Morgan fingerprint density at radius 2 is 1.00 bits per heavy atom. The molecule has 0 atom stereocenters. The number of alkyl halides is 10. The second kappa shape index (κ2) is 33.4. The lowest BCUT2D eigenvalue weighted by Gasteiger charge is -2.12. The first-order chi connectivity index (χ1) is 31.3. The standard InChI is InChI=1S/C11H14F2N2O2.C10H13F2N.2C9H11F2N.C8H8ClF2N/c1-7(16)15-8-3-4-10(17-2)9(5-8)14-6-11(12)13;1-2-8-5-3-4-6-9(8)13-7-10(11)12;1-7-3-2-4-8(5-7)12-6-9(10)11;1-7-4-2-3-5-8(7)12-6-9(10)11;9-6-3-1-2-4-7(6)12-5-8(10)11/h3-5,11,14H,6H2,1-2H3,(H,15,16);3-6,10,13H,2,7H2,1H3;2*2-5,9,12H,6H2,1H3;1-4,8,12H,5H2. The highest BCUT2D eigenvalue weighted by Gasteiger charge is 2.09. The number of anilines is 6. The Labute approximate surface area is 384 Å². The average molecular weight is 963 g/mol. The molecule has 5 aromatic rings. The zero-order valence-corrected chi connectivity index (χ0v) is 37.8. The first kappa shape index (κ1) is 58.0. The Morgan fingerprint density at radius 1 is 0.530 bits per heavy atom. The first-order valence-corrected chi connectivity index (χ1v) is 20.7. The van der Waals surface area contributed by atoms with Gasteiger partial charge in [-0.3, -0.25) is 4.79 Å². The van der Waals surface area contributed by atoms with Crippen molar-refractivity contribution in [2.24, 2.45) is 0 Å². The summed E-state index contributed by atoms with van der Waals surface area (Å²) >= 11 is 5.70. The Kier molecular flexibility index (Phi) is 29.4. The number of carbonyl (C=O) groups excluding carboxylic acids is 1. The zero-order valence-electron chi connectivity index (χ0n) is 37.1. The van der Waals surface area contributed by atoms with Crippen molar-refractivity contribution < 1.29 is 53.4 Å². The molecule has 1 amide bonds. The number of hydrogen-bond donors (Lipinski definition) is 6. The minimum Gasteiger partial charge on any atom is -0.495 e. The van der Waals surface area contributed by atoms with E-state index in [4.69, 9.17) is 16.3 Å². The molecule has 5 rings (SSSR count). The van der Waals surface area contributed by atoms with Crippen molar-refractivity contribution in [3.8, 4) is 5.75 Å². The second-order valence-electron chi connectivity index (χ2n) is 13.6. The number of para-hydroxylation sites is 3. The number of halogens is 11. The van der Waals surface area contributed by atoms with E-state index in [0.29, 0.717) is 27.8 Å². The topological polar surface area (TPSA) is 98.5 Å². The van der Waals surface area contributed by atoms with Gasteiger partial charge in [-0.2, -0.15) is 0 Å². The second-order valence-corrected chi connectivity index (χ2v) is 14.0. The summed E-state index contributed by atoms with van der Waals surface area (Å²) in [7, 11) is 1.45. The summed E-state index contributed by atoms with van der Waals surface area (Å²) in [6, 6.07) is 33.8. The number of methoxy groups -OCH3 is 1. The number of hydrogen-bond acceptors (Lipinski definition) is 7. The third-order valence-corrected chi connectivity index (χ3v) is 8.53. The van der Waals surface area contributed by atoms with Gasteiger partial charge in [-0.05, 0) is 91.6 Å². The highest BCUT2D eigenvalue weighted by Crippen LogP contribution is 2.28. The summed E-state index contributed by atoms with van der Waals surface area (Å²) in [5.41, 5.74) is 6.93. The van der Waals surface area contributed by atoms with Gasteiger partial charge in [0.1, 0.15) is 5.75 Å². The molecule has 0 bridgehead atoms. The van der Waals surface area contributed by atoms with Crippen molar-refractivity contribution >= 4 is 51.6 Å². The highest BCUT2D eigenvalue weighted by molar-refractivity contribution is 6.33. The smallest absolute Gasteiger partial charge is 0.255 e. The van der Waals surface area contributed by atoms with Crippen LogP contribution in [0, 0.1) is 13.8 Å². The summed E-state index contributed by atoms with van der Waals surface area (Å²) in [4.78, 5) is 10.9. The van der Waals surface area contributed by atoms with E-state index >= 15 is 0 Å². The van der Waals surface area contributed by atoms with Crippen molar-refractivity contribution in [3.05, 3.63) is 137 Å². The van der Waals surface area contributed by atoms with E-state index in [0.717, 1.165) is 40.2 Å². The molecule has 0 aromatic heterocycles. The van der Waals surface area contributed by atoms with E-state index < -0.39 is 38.7 Å². The molecule has 0 radical (unpaired) electrons. The highest BCUT2D eigenvalue weighted by atomic mass is 35.5. The molecule has 364 valence electrons. The minimum absolute atomic E-state index is 0.227. The van der Waals surface area contributed by atoms with Crippen LogP contribution in [0.15, 0.2) is 115 Å². The molecule has 0 saturated carbocycles. The Bertz CT molecular complexity index is 2030. The fraction of sp³-hybridized carbons (Fsp3) is 0.340. The van der Waals surface area contributed by atoms with Crippen LogP contribution in [0.25, 0.3) is 0 Å². The molecule has 0 unspecified atom stereocenters. The Morgan fingerprint density at radius 3 is 1.50 bits per heavy atom. The van der Waals surface area contributed by atoms with E-state index in [9.17, 15) is 48.7 Å². The third kappa shape index (κ3) is 27.3. The molecule has 66 heavy (non-hydrogen) atoms. The number of rotatable bonds is 18. The van der Waals surface area contributed by atoms with Gasteiger partial charge in [-0.25, -0.2) is 43.9 Å². The summed E-state index contributed by atoms with van der Waals surface area (Å²) < 4.78 is 124. The fourth-order valence-corrected chi connectivity index (χ4v) is 5.41. The summed E-state index contributed by atoms with van der Waals surface area (Å²) in [6.07, 6.45) is -10.9.